The summed E-state index contributed by atoms with van der Waals surface area (Å²) in [5.74, 6) is 0.586. The van der Waals surface area contributed by atoms with Gasteiger partial charge in [-0.05, 0) is 68.4 Å². The van der Waals surface area contributed by atoms with E-state index in [2.05, 4.69) is 27.8 Å². The maximum atomic E-state index is 12.7. The Labute approximate surface area is 200 Å². The number of amides is 1. The molecule has 1 aromatic carbocycles. The Morgan fingerprint density at radius 2 is 2.06 bits per heavy atom. The van der Waals surface area contributed by atoms with E-state index >= 15 is 0 Å². The molecule has 2 N–H and O–H groups in total. The van der Waals surface area contributed by atoms with Crippen LogP contribution in [0.4, 0.5) is 5.82 Å². The molecule has 2 aromatic heterocycles. The van der Waals surface area contributed by atoms with Gasteiger partial charge in [0.15, 0.2) is 0 Å². The molecule has 4 rings (SSSR count). The highest BCUT2D eigenvalue weighted by Crippen LogP contribution is 2.23. The molecule has 0 spiro atoms. The van der Waals surface area contributed by atoms with Crippen LogP contribution in [0, 0.1) is 0 Å². The number of para-hydroxylation sites is 1. The molecule has 0 saturated heterocycles. The number of hydrogen-bond donors (Lipinski definition) is 2. The zero-order valence-corrected chi connectivity index (χ0v) is 19.7. The molecule has 1 aliphatic heterocycles. The van der Waals surface area contributed by atoms with E-state index in [4.69, 9.17) is 9.72 Å². The van der Waals surface area contributed by atoms with Crippen molar-refractivity contribution in [2.75, 3.05) is 18.5 Å². The van der Waals surface area contributed by atoms with Crippen LogP contribution < -0.4 is 10.6 Å². The average Bonchev–Trinajstić information content (AvgIpc) is 2.86. The van der Waals surface area contributed by atoms with E-state index in [9.17, 15) is 9.59 Å². The van der Waals surface area contributed by atoms with E-state index in [1.54, 1.807) is 13.1 Å². The van der Waals surface area contributed by atoms with Crippen LogP contribution >= 0.6 is 0 Å². The number of unbranched alkanes of at least 4 members (excludes halogenated alkanes) is 1. The number of nitrogens with one attached hydrogen (secondary N) is 2. The number of anilines is 1. The number of aromatic nitrogens is 2. The largest absolute Gasteiger partial charge is 0.466 e. The fourth-order valence-corrected chi connectivity index (χ4v) is 4.28. The summed E-state index contributed by atoms with van der Waals surface area (Å²) in [6.45, 7) is 3.06. The summed E-state index contributed by atoms with van der Waals surface area (Å²) in [7, 11) is 0. The quantitative estimate of drug-likeness (QED) is 0.342. The first kappa shape index (κ1) is 23.7. The Hall–Kier alpha value is -3.48. The second kappa shape index (κ2) is 11.6. The lowest BCUT2D eigenvalue weighted by molar-refractivity contribution is -0.143. The smallest absolute Gasteiger partial charge is 0.308 e. The highest BCUT2D eigenvalue weighted by molar-refractivity contribution is 5.81. The molecular weight excluding hydrogens is 428 g/mol. The predicted octanol–water partition coefficient (Wildman–Crippen LogP) is 4.51. The molecule has 1 unspecified atom stereocenters. The Morgan fingerprint density at radius 1 is 1.18 bits per heavy atom. The van der Waals surface area contributed by atoms with Gasteiger partial charge in [0.05, 0.1) is 24.6 Å². The topological polar surface area (TPSA) is 93.2 Å². The Morgan fingerprint density at radius 3 is 2.94 bits per heavy atom. The number of aryl methyl sites for hydroxylation is 2. The molecule has 7 nitrogen and oxygen atoms in total. The third kappa shape index (κ3) is 6.31. The Kier molecular flexibility index (Phi) is 8.07. The minimum Gasteiger partial charge on any atom is -0.466 e. The number of fused-ring (bicyclic) bond motifs is 2. The number of benzene rings is 1. The summed E-state index contributed by atoms with van der Waals surface area (Å²) in [6.07, 6.45) is 6.88. The molecule has 0 aliphatic carbocycles. The fourth-order valence-electron chi connectivity index (χ4n) is 4.28. The van der Waals surface area contributed by atoms with Gasteiger partial charge in [-0.25, -0.2) is 4.98 Å². The van der Waals surface area contributed by atoms with Crippen LogP contribution in [0.5, 0.6) is 0 Å². The average molecular weight is 461 g/mol. The minimum absolute atomic E-state index is 0.0750. The number of rotatable bonds is 10. The standard InChI is InChI=1S/C27H32N4O3/c1-2-34-26(33)17-24(21-16-20-8-3-5-11-23(20)29-18-21)31-25(32)12-6-4-10-22-14-13-19-9-7-15-28-27(19)30-22/h3,5,8,11,13-14,16,18,24H,2,4,6-7,9-10,12,15,17H2,1H3,(H,28,30)(H,31,32). The van der Waals surface area contributed by atoms with Crippen LogP contribution in [0.15, 0.2) is 48.7 Å². The molecule has 1 amide bonds. The first-order valence-corrected chi connectivity index (χ1v) is 12.1. The first-order valence-electron chi connectivity index (χ1n) is 12.1. The van der Waals surface area contributed by atoms with Crippen molar-refractivity contribution in [1.82, 2.24) is 15.3 Å². The van der Waals surface area contributed by atoms with Gasteiger partial charge in [-0.2, -0.15) is 0 Å². The molecule has 0 bridgehead atoms. The van der Waals surface area contributed by atoms with Crippen LogP contribution in [-0.2, 0) is 27.2 Å². The normalized spacial score (nSPS) is 13.6. The van der Waals surface area contributed by atoms with E-state index in [0.717, 1.165) is 66.6 Å². The van der Waals surface area contributed by atoms with Crippen molar-refractivity contribution in [2.45, 2.75) is 57.9 Å². The molecule has 1 atom stereocenters. The van der Waals surface area contributed by atoms with E-state index < -0.39 is 6.04 Å². The van der Waals surface area contributed by atoms with Crippen molar-refractivity contribution >= 4 is 28.6 Å². The summed E-state index contributed by atoms with van der Waals surface area (Å²) in [5.41, 5.74) is 4.01. The summed E-state index contributed by atoms with van der Waals surface area (Å²) < 4.78 is 5.13. The summed E-state index contributed by atoms with van der Waals surface area (Å²) >= 11 is 0. The number of ether oxygens (including phenoxy) is 1. The molecular formula is C27H32N4O3. The Bertz CT molecular complexity index is 1150. The van der Waals surface area contributed by atoms with Crippen LogP contribution in [0.2, 0.25) is 0 Å². The second-order valence-electron chi connectivity index (χ2n) is 8.64. The summed E-state index contributed by atoms with van der Waals surface area (Å²) in [6, 6.07) is 13.5. The minimum atomic E-state index is -0.475. The lowest BCUT2D eigenvalue weighted by Crippen LogP contribution is -2.30. The highest BCUT2D eigenvalue weighted by atomic mass is 16.5. The van der Waals surface area contributed by atoms with E-state index in [-0.39, 0.29) is 18.3 Å². The van der Waals surface area contributed by atoms with E-state index in [1.165, 1.54) is 5.56 Å². The SMILES string of the molecule is CCOC(=O)CC(NC(=O)CCCCc1ccc2c(n1)NCCC2)c1cnc2ccccc2c1. The van der Waals surface area contributed by atoms with Crippen LogP contribution in [-0.4, -0.2) is 35.0 Å². The number of hydrogen-bond acceptors (Lipinski definition) is 6. The van der Waals surface area contributed by atoms with Crippen molar-refractivity contribution in [3.05, 3.63) is 65.5 Å². The van der Waals surface area contributed by atoms with Crippen molar-refractivity contribution in [2.24, 2.45) is 0 Å². The van der Waals surface area contributed by atoms with Gasteiger partial charge < -0.3 is 15.4 Å². The van der Waals surface area contributed by atoms with Gasteiger partial charge in [-0.1, -0.05) is 24.3 Å². The van der Waals surface area contributed by atoms with Gasteiger partial charge in [0, 0.05) is 30.2 Å². The lowest BCUT2D eigenvalue weighted by Gasteiger charge is -2.19. The van der Waals surface area contributed by atoms with Gasteiger partial charge in [0.1, 0.15) is 5.82 Å². The van der Waals surface area contributed by atoms with Crippen molar-refractivity contribution in [3.8, 4) is 0 Å². The van der Waals surface area contributed by atoms with Gasteiger partial charge in [-0.15, -0.1) is 0 Å². The highest BCUT2D eigenvalue weighted by Gasteiger charge is 2.20. The molecule has 3 aromatic rings. The van der Waals surface area contributed by atoms with Crippen LogP contribution in [0.25, 0.3) is 10.9 Å². The Balaban J connectivity index is 1.33. The molecule has 7 heteroatoms. The first-order chi connectivity index (χ1) is 16.6. The van der Waals surface area contributed by atoms with Crippen molar-refractivity contribution in [3.63, 3.8) is 0 Å². The van der Waals surface area contributed by atoms with Gasteiger partial charge in [0.25, 0.3) is 0 Å². The maximum absolute atomic E-state index is 12.7. The van der Waals surface area contributed by atoms with Crippen LogP contribution in [0.3, 0.4) is 0 Å². The van der Waals surface area contributed by atoms with Gasteiger partial charge >= 0.3 is 5.97 Å². The number of esters is 1. The second-order valence-corrected chi connectivity index (χ2v) is 8.64. The van der Waals surface area contributed by atoms with E-state index in [0.29, 0.717) is 13.0 Å². The predicted molar refractivity (Wildman–Crippen MR) is 132 cm³/mol. The molecule has 178 valence electrons. The third-order valence-electron chi connectivity index (χ3n) is 6.06. The number of pyridine rings is 2. The molecule has 0 radical (unpaired) electrons. The van der Waals surface area contributed by atoms with Gasteiger partial charge in [-0.3, -0.25) is 14.6 Å². The molecule has 34 heavy (non-hydrogen) atoms. The van der Waals surface area contributed by atoms with Crippen LogP contribution in [0.1, 0.15) is 61.9 Å². The van der Waals surface area contributed by atoms with Crippen molar-refractivity contribution < 1.29 is 14.3 Å². The number of nitrogens with zero attached hydrogens (tertiary/aromatic N) is 2. The zero-order valence-electron chi connectivity index (χ0n) is 19.7. The third-order valence-corrected chi connectivity index (χ3v) is 6.06. The molecule has 0 fully saturated rings. The number of carbonyl (C=O) groups is 2. The summed E-state index contributed by atoms with van der Waals surface area (Å²) in [4.78, 5) is 34.1. The maximum Gasteiger partial charge on any atom is 0.308 e. The lowest BCUT2D eigenvalue weighted by atomic mass is 10.0. The zero-order chi connectivity index (χ0) is 23.8. The van der Waals surface area contributed by atoms with Crippen molar-refractivity contribution in [1.29, 1.82) is 0 Å². The summed E-state index contributed by atoms with van der Waals surface area (Å²) in [5, 5.41) is 7.36. The monoisotopic (exact) mass is 460 g/mol. The number of carbonyl (C=O) groups excluding carboxylic acids is 2. The molecule has 1 aliphatic rings. The molecule has 3 heterocycles. The fraction of sp³-hybridized carbons (Fsp3) is 0.407. The van der Waals surface area contributed by atoms with E-state index in [1.807, 2.05) is 30.3 Å². The molecule has 0 saturated carbocycles. The van der Waals surface area contributed by atoms with Gasteiger partial charge in [0.2, 0.25) is 5.91 Å².